The molecule has 2 rings (SSSR count). The summed E-state index contributed by atoms with van der Waals surface area (Å²) in [6.45, 7) is 3.84. The summed E-state index contributed by atoms with van der Waals surface area (Å²) in [5.74, 6) is -0.262. The lowest BCUT2D eigenvalue weighted by Gasteiger charge is -2.07. The van der Waals surface area contributed by atoms with Gasteiger partial charge in [-0.15, -0.1) is 0 Å². The molecule has 2 aromatic rings. The molecule has 0 bridgehead atoms. The number of fused-ring (bicyclic) bond motifs is 1. The van der Waals surface area contributed by atoms with Crippen molar-refractivity contribution in [3.63, 3.8) is 0 Å². The second-order valence-electron chi connectivity index (χ2n) is 4.80. The van der Waals surface area contributed by atoms with E-state index in [1.54, 1.807) is 26.0 Å². The highest BCUT2D eigenvalue weighted by molar-refractivity contribution is 7.89. The van der Waals surface area contributed by atoms with Crippen molar-refractivity contribution >= 4 is 27.0 Å². The van der Waals surface area contributed by atoms with Gasteiger partial charge in [-0.1, -0.05) is 11.6 Å². The van der Waals surface area contributed by atoms with Crippen LogP contribution in [0.1, 0.15) is 13.8 Å². The van der Waals surface area contributed by atoms with Crippen LogP contribution in [0.2, 0.25) is 0 Å². The minimum atomic E-state index is -3.76. The third-order valence-electron chi connectivity index (χ3n) is 2.67. The van der Waals surface area contributed by atoms with Gasteiger partial charge in [0.15, 0.2) is 5.52 Å². The van der Waals surface area contributed by atoms with E-state index in [9.17, 15) is 13.2 Å². The lowest BCUT2D eigenvalue weighted by Crippen LogP contribution is -2.34. The first-order chi connectivity index (χ1) is 10.4. The Kier molecular flexibility index (Phi) is 4.88. The van der Waals surface area contributed by atoms with Crippen molar-refractivity contribution in [1.82, 2.24) is 20.4 Å². The maximum absolute atomic E-state index is 12.2. The molecule has 0 atom stereocenters. The van der Waals surface area contributed by atoms with Crippen LogP contribution in [0.4, 0.5) is 0 Å². The number of carbonyl (C=O) groups excluding carboxylic acids is 1. The summed E-state index contributed by atoms with van der Waals surface area (Å²) in [6, 6.07) is 4.57. The summed E-state index contributed by atoms with van der Waals surface area (Å²) in [5, 5.41) is 9.77. The molecule has 0 spiro atoms. The largest absolute Gasteiger partial charge is 0.351 e. The molecule has 0 fully saturated rings. The number of rotatable bonds is 6. The Balaban J connectivity index is 1.99. The fraction of sp³-hybridized carbons (Fsp3) is 0.308. The van der Waals surface area contributed by atoms with Gasteiger partial charge in [0.25, 0.3) is 0 Å². The molecule has 8 nitrogen and oxygen atoms in total. The Labute approximate surface area is 127 Å². The smallest absolute Gasteiger partial charge is 0.243 e. The predicted molar refractivity (Wildman–Crippen MR) is 79.4 cm³/mol. The summed E-state index contributed by atoms with van der Waals surface area (Å²) in [4.78, 5) is 11.4. The van der Waals surface area contributed by atoms with Crippen molar-refractivity contribution in [2.75, 3.05) is 13.1 Å². The van der Waals surface area contributed by atoms with Crippen molar-refractivity contribution in [1.29, 1.82) is 0 Å². The maximum atomic E-state index is 12.2. The van der Waals surface area contributed by atoms with Gasteiger partial charge in [0.1, 0.15) is 10.4 Å². The number of allylic oxidation sites excluding steroid dienone is 1. The average Bonchev–Trinajstić information content (AvgIpc) is 2.91. The molecule has 1 heterocycles. The van der Waals surface area contributed by atoms with Gasteiger partial charge in [-0.05, 0) is 36.3 Å². The Bertz CT molecular complexity index is 806. The minimum absolute atomic E-state index is 0.0122. The highest BCUT2D eigenvalue weighted by Crippen LogP contribution is 2.19. The van der Waals surface area contributed by atoms with E-state index in [4.69, 9.17) is 0 Å². The van der Waals surface area contributed by atoms with E-state index >= 15 is 0 Å². The van der Waals surface area contributed by atoms with E-state index in [0.29, 0.717) is 5.52 Å². The molecule has 0 unspecified atom stereocenters. The Morgan fingerprint density at radius 2 is 2.05 bits per heavy atom. The molecule has 1 aromatic carbocycles. The number of amides is 1. The molecular formula is C13H16N4O4S. The van der Waals surface area contributed by atoms with Gasteiger partial charge in [-0.3, -0.25) is 4.79 Å². The number of hydrogen-bond donors (Lipinski definition) is 2. The molecular weight excluding hydrogens is 308 g/mol. The Morgan fingerprint density at radius 1 is 1.27 bits per heavy atom. The summed E-state index contributed by atoms with van der Waals surface area (Å²) in [6.07, 6.45) is 1.44. The van der Waals surface area contributed by atoms with Crippen LogP contribution in [0, 0.1) is 0 Å². The van der Waals surface area contributed by atoms with Gasteiger partial charge in [0, 0.05) is 19.2 Å². The Hall–Kier alpha value is -2.26. The van der Waals surface area contributed by atoms with Gasteiger partial charge in [0.2, 0.25) is 15.9 Å². The molecule has 0 aliphatic carbocycles. The number of carbonyl (C=O) groups is 1. The molecule has 2 N–H and O–H groups in total. The van der Waals surface area contributed by atoms with Crippen LogP contribution in [0.25, 0.3) is 11.0 Å². The molecule has 0 radical (unpaired) electrons. The summed E-state index contributed by atoms with van der Waals surface area (Å²) in [7, 11) is -3.76. The molecule has 1 aromatic heterocycles. The van der Waals surface area contributed by atoms with Crippen LogP contribution in [-0.2, 0) is 14.8 Å². The fourth-order valence-electron chi connectivity index (χ4n) is 1.76. The molecule has 0 saturated carbocycles. The fourth-order valence-corrected chi connectivity index (χ4v) is 2.94. The predicted octanol–water partition coefficient (Wildman–Crippen LogP) is 0.583. The average molecular weight is 324 g/mol. The van der Waals surface area contributed by atoms with Crippen LogP contribution in [0.5, 0.6) is 0 Å². The molecule has 118 valence electrons. The standard InChI is InChI=1S/C13H16N4O4S/c1-9(2)8-12(18)14-6-7-15-22(19,20)11-5-3-4-10-13(11)17-21-16-10/h3-5,8,15H,6-7H2,1-2H3,(H,14,18). The van der Waals surface area contributed by atoms with E-state index in [1.807, 2.05) is 0 Å². The normalized spacial score (nSPS) is 11.4. The van der Waals surface area contributed by atoms with Crippen LogP contribution < -0.4 is 10.0 Å². The first-order valence-corrected chi connectivity index (χ1v) is 8.02. The van der Waals surface area contributed by atoms with E-state index < -0.39 is 10.0 Å². The van der Waals surface area contributed by atoms with Gasteiger partial charge in [-0.2, -0.15) is 0 Å². The van der Waals surface area contributed by atoms with Gasteiger partial charge in [0.05, 0.1) is 0 Å². The molecule has 9 heteroatoms. The molecule has 0 aliphatic heterocycles. The lowest BCUT2D eigenvalue weighted by atomic mass is 10.3. The third kappa shape index (κ3) is 3.89. The van der Waals surface area contributed by atoms with Crippen molar-refractivity contribution < 1.29 is 17.8 Å². The van der Waals surface area contributed by atoms with Gasteiger partial charge < -0.3 is 5.32 Å². The number of nitrogens with one attached hydrogen (secondary N) is 2. The van der Waals surface area contributed by atoms with Crippen LogP contribution in [-0.4, -0.2) is 37.7 Å². The number of sulfonamides is 1. The SMILES string of the molecule is CC(C)=CC(=O)NCCNS(=O)(=O)c1cccc2nonc12. The maximum Gasteiger partial charge on any atom is 0.243 e. The van der Waals surface area contributed by atoms with Crippen molar-refractivity contribution in [3.8, 4) is 0 Å². The van der Waals surface area contributed by atoms with E-state index in [1.165, 1.54) is 12.1 Å². The Morgan fingerprint density at radius 3 is 2.77 bits per heavy atom. The van der Waals surface area contributed by atoms with E-state index in [0.717, 1.165) is 5.57 Å². The van der Waals surface area contributed by atoms with Crippen molar-refractivity contribution in [2.45, 2.75) is 18.7 Å². The molecule has 0 saturated heterocycles. The number of aromatic nitrogens is 2. The van der Waals surface area contributed by atoms with Crippen LogP contribution in [0.15, 0.2) is 39.4 Å². The zero-order chi connectivity index (χ0) is 16.2. The highest BCUT2D eigenvalue weighted by atomic mass is 32.2. The van der Waals surface area contributed by atoms with E-state index in [-0.39, 0.29) is 29.4 Å². The number of hydrogen-bond acceptors (Lipinski definition) is 6. The summed E-state index contributed by atoms with van der Waals surface area (Å²) >= 11 is 0. The zero-order valence-electron chi connectivity index (χ0n) is 12.2. The van der Waals surface area contributed by atoms with Crippen molar-refractivity contribution in [3.05, 3.63) is 29.8 Å². The van der Waals surface area contributed by atoms with Crippen LogP contribution >= 0.6 is 0 Å². The summed E-state index contributed by atoms with van der Waals surface area (Å²) < 4.78 is 31.4. The molecule has 22 heavy (non-hydrogen) atoms. The molecule has 0 aliphatic rings. The molecule has 1 amide bonds. The van der Waals surface area contributed by atoms with E-state index in [2.05, 4.69) is 25.0 Å². The minimum Gasteiger partial charge on any atom is -0.351 e. The summed E-state index contributed by atoms with van der Waals surface area (Å²) in [5.41, 5.74) is 1.40. The monoisotopic (exact) mass is 324 g/mol. The third-order valence-corrected chi connectivity index (χ3v) is 4.17. The topological polar surface area (TPSA) is 114 Å². The lowest BCUT2D eigenvalue weighted by molar-refractivity contribution is -0.116. The quantitative estimate of drug-likeness (QED) is 0.593. The zero-order valence-corrected chi connectivity index (χ0v) is 13.0. The number of nitrogens with zero attached hydrogens (tertiary/aromatic N) is 2. The first-order valence-electron chi connectivity index (χ1n) is 6.54. The second-order valence-corrected chi connectivity index (χ2v) is 6.53. The first kappa shape index (κ1) is 16.1. The van der Waals surface area contributed by atoms with Gasteiger partial charge >= 0.3 is 0 Å². The van der Waals surface area contributed by atoms with Gasteiger partial charge in [-0.25, -0.2) is 17.8 Å². The van der Waals surface area contributed by atoms with Crippen LogP contribution in [0.3, 0.4) is 0 Å². The second kappa shape index (κ2) is 6.67. The number of benzene rings is 1. The van der Waals surface area contributed by atoms with Crippen molar-refractivity contribution in [2.24, 2.45) is 0 Å². The highest BCUT2D eigenvalue weighted by Gasteiger charge is 2.19.